The number of carbonyl (C=O) groups excluding carboxylic acids is 2. The van der Waals surface area contributed by atoms with E-state index >= 15 is 0 Å². The van der Waals surface area contributed by atoms with E-state index < -0.39 is 0 Å². The van der Waals surface area contributed by atoms with Crippen LogP contribution in [0.25, 0.3) is 0 Å². The Labute approximate surface area is 158 Å². The van der Waals surface area contributed by atoms with Crippen LogP contribution in [0.1, 0.15) is 40.8 Å². The highest BCUT2D eigenvalue weighted by atomic mass is 16.5. The van der Waals surface area contributed by atoms with Crippen LogP contribution >= 0.6 is 0 Å². The Kier molecular flexibility index (Phi) is 6.01. The van der Waals surface area contributed by atoms with E-state index in [1.165, 1.54) is 0 Å². The molecule has 0 bridgehead atoms. The second-order valence-corrected chi connectivity index (χ2v) is 6.46. The number of nitrogens with one attached hydrogen (secondary N) is 1. The van der Waals surface area contributed by atoms with Crippen molar-refractivity contribution in [3.05, 3.63) is 53.1 Å². The molecule has 0 fully saturated rings. The minimum atomic E-state index is -0.193. The number of benzene rings is 1. The van der Waals surface area contributed by atoms with Crippen LogP contribution < -0.4 is 10.1 Å². The predicted octanol–water partition coefficient (Wildman–Crippen LogP) is 1.89. The van der Waals surface area contributed by atoms with Crippen molar-refractivity contribution in [1.82, 2.24) is 20.2 Å². The van der Waals surface area contributed by atoms with Crippen molar-refractivity contribution < 1.29 is 14.3 Å². The summed E-state index contributed by atoms with van der Waals surface area (Å²) in [7, 11) is 0. The first-order valence-electron chi connectivity index (χ1n) is 9.17. The van der Waals surface area contributed by atoms with Gasteiger partial charge in [-0.15, -0.1) is 0 Å². The van der Waals surface area contributed by atoms with Crippen molar-refractivity contribution in [2.75, 3.05) is 19.7 Å². The van der Waals surface area contributed by atoms with Crippen molar-refractivity contribution in [3.63, 3.8) is 0 Å². The van der Waals surface area contributed by atoms with E-state index in [0.717, 1.165) is 23.4 Å². The molecule has 2 amide bonds. The predicted molar refractivity (Wildman–Crippen MR) is 100 cm³/mol. The van der Waals surface area contributed by atoms with Crippen LogP contribution in [0.5, 0.6) is 5.75 Å². The number of hydrogen-bond acceptors (Lipinski definition) is 5. The van der Waals surface area contributed by atoms with Crippen molar-refractivity contribution in [3.8, 4) is 5.75 Å². The van der Waals surface area contributed by atoms with Gasteiger partial charge in [0.25, 0.3) is 5.91 Å². The highest BCUT2D eigenvalue weighted by molar-refractivity contribution is 5.97. The first kappa shape index (κ1) is 18.8. The molecule has 2 heterocycles. The summed E-state index contributed by atoms with van der Waals surface area (Å²) >= 11 is 0. The molecule has 7 heteroatoms. The molecule has 0 aliphatic carbocycles. The van der Waals surface area contributed by atoms with Crippen molar-refractivity contribution in [2.24, 2.45) is 0 Å². The van der Waals surface area contributed by atoms with E-state index in [1.54, 1.807) is 18.0 Å². The van der Waals surface area contributed by atoms with Gasteiger partial charge in [-0.3, -0.25) is 9.59 Å². The molecule has 1 aliphatic heterocycles. The SMILES string of the molecule is CCOc1cccc(CNC(=O)CN2CCCc3nc(C)ncc3C2=O)c1. The lowest BCUT2D eigenvalue weighted by atomic mass is 10.1. The zero-order valence-corrected chi connectivity index (χ0v) is 15.7. The highest BCUT2D eigenvalue weighted by Gasteiger charge is 2.25. The van der Waals surface area contributed by atoms with E-state index in [9.17, 15) is 9.59 Å². The fourth-order valence-electron chi connectivity index (χ4n) is 3.09. The van der Waals surface area contributed by atoms with Gasteiger partial charge in [0.15, 0.2) is 0 Å². The van der Waals surface area contributed by atoms with E-state index in [1.807, 2.05) is 31.2 Å². The third kappa shape index (κ3) is 4.81. The zero-order valence-electron chi connectivity index (χ0n) is 15.7. The number of rotatable bonds is 6. The van der Waals surface area contributed by atoms with E-state index in [0.29, 0.717) is 37.5 Å². The van der Waals surface area contributed by atoms with Gasteiger partial charge in [-0.05, 0) is 44.4 Å². The average Bonchev–Trinajstić information content (AvgIpc) is 2.80. The van der Waals surface area contributed by atoms with Crippen LogP contribution in [0, 0.1) is 6.92 Å². The molecule has 7 nitrogen and oxygen atoms in total. The summed E-state index contributed by atoms with van der Waals surface area (Å²) in [4.78, 5) is 35.1. The number of nitrogens with zero attached hydrogens (tertiary/aromatic N) is 3. The molecule has 142 valence electrons. The molecule has 0 radical (unpaired) electrons. The van der Waals surface area contributed by atoms with Crippen LogP contribution in [-0.4, -0.2) is 46.4 Å². The maximum Gasteiger partial charge on any atom is 0.257 e. The van der Waals surface area contributed by atoms with Crippen molar-refractivity contribution in [2.45, 2.75) is 33.2 Å². The smallest absolute Gasteiger partial charge is 0.257 e. The Morgan fingerprint density at radius 3 is 3.04 bits per heavy atom. The first-order valence-corrected chi connectivity index (χ1v) is 9.17. The molecule has 0 unspecified atom stereocenters. The van der Waals surface area contributed by atoms with Gasteiger partial charge in [0, 0.05) is 19.3 Å². The number of hydrogen-bond donors (Lipinski definition) is 1. The van der Waals surface area contributed by atoms with Gasteiger partial charge in [-0.25, -0.2) is 9.97 Å². The monoisotopic (exact) mass is 368 g/mol. The lowest BCUT2D eigenvalue weighted by Crippen LogP contribution is -2.40. The lowest BCUT2D eigenvalue weighted by molar-refractivity contribution is -0.122. The number of aromatic nitrogens is 2. The van der Waals surface area contributed by atoms with Crippen LogP contribution in [0.3, 0.4) is 0 Å². The second kappa shape index (κ2) is 8.62. The molecule has 1 aromatic heterocycles. The minimum absolute atomic E-state index is 0.0251. The molecule has 27 heavy (non-hydrogen) atoms. The van der Waals surface area contributed by atoms with Crippen LogP contribution in [0.2, 0.25) is 0 Å². The summed E-state index contributed by atoms with van der Waals surface area (Å²) in [5.74, 6) is 1.05. The Hall–Kier alpha value is -2.96. The quantitative estimate of drug-likeness (QED) is 0.842. The maximum atomic E-state index is 12.7. The van der Waals surface area contributed by atoms with E-state index in [4.69, 9.17) is 4.74 Å². The molecule has 1 aromatic carbocycles. The molecule has 0 saturated carbocycles. The number of aryl methyl sites for hydroxylation is 2. The van der Waals surface area contributed by atoms with Crippen molar-refractivity contribution in [1.29, 1.82) is 0 Å². The zero-order chi connectivity index (χ0) is 19.2. The van der Waals surface area contributed by atoms with Gasteiger partial charge in [-0.1, -0.05) is 12.1 Å². The summed E-state index contributed by atoms with van der Waals surface area (Å²) in [6.07, 6.45) is 3.06. The fraction of sp³-hybridized carbons (Fsp3) is 0.400. The maximum absolute atomic E-state index is 12.7. The summed E-state index contributed by atoms with van der Waals surface area (Å²) < 4.78 is 5.47. The van der Waals surface area contributed by atoms with Gasteiger partial charge >= 0.3 is 0 Å². The second-order valence-electron chi connectivity index (χ2n) is 6.46. The highest BCUT2D eigenvalue weighted by Crippen LogP contribution is 2.16. The molecule has 0 spiro atoms. The van der Waals surface area contributed by atoms with Crippen LogP contribution in [0.4, 0.5) is 0 Å². The Morgan fingerprint density at radius 1 is 1.37 bits per heavy atom. The molecule has 3 rings (SSSR count). The standard InChI is InChI=1S/C20H24N4O3/c1-3-27-16-7-4-6-15(10-16)11-22-19(25)13-24-9-5-8-18-17(20(24)26)12-21-14(2)23-18/h4,6-7,10,12H,3,5,8-9,11,13H2,1-2H3,(H,22,25). The Bertz CT molecular complexity index is 838. The number of amides is 2. The summed E-state index contributed by atoms with van der Waals surface area (Å²) in [5.41, 5.74) is 2.21. The molecule has 2 aromatic rings. The molecule has 0 saturated heterocycles. The third-order valence-corrected chi connectivity index (χ3v) is 4.38. The van der Waals surface area contributed by atoms with Crippen LogP contribution in [-0.2, 0) is 17.8 Å². The fourth-order valence-corrected chi connectivity index (χ4v) is 3.09. The lowest BCUT2D eigenvalue weighted by Gasteiger charge is -2.20. The Balaban J connectivity index is 1.59. The third-order valence-electron chi connectivity index (χ3n) is 4.38. The number of carbonyl (C=O) groups is 2. The first-order chi connectivity index (χ1) is 13.1. The average molecular weight is 368 g/mol. The van der Waals surface area contributed by atoms with Crippen molar-refractivity contribution >= 4 is 11.8 Å². The molecular weight excluding hydrogens is 344 g/mol. The summed E-state index contributed by atoms with van der Waals surface area (Å²) in [6, 6.07) is 7.60. The van der Waals surface area contributed by atoms with E-state index in [-0.39, 0.29) is 18.4 Å². The van der Waals surface area contributed by atoms with E-state index in [2.05, 4.69) is 15.3 Å². The van der Waals surface area contributed by atoms with Crippen LogP contribution in [0.15, 0.2) is 30.5 Å². The minimum Gasteiger partial charge on any atom is -0.494 e. The van der Waals surface area contributed by atoms with Gasteiger partial charge in [0.1, 0.15) is 11.6 Å². The Morgan fingerprint density at radius 2 is 2.22 bits per heavy atom. The number of ether oxygens (including phenoxy) is 1. The summed E-state index contributed by atoms with van der Waals surface area (Å²) in [6.45, 7) is 5.27. The molecule has 1 N–H and O–H groups in total. The van der Waals surface area contributed by atoms with Gasteiger partial charge in [0.2, 0.25) is 5.91 Å². The number of fused-ring (bicyclic) bond motifs is 1. The van der Waals surface area contributed by atoms with Gasteiger partial charge < -0.3 is 15.0 Å². The van der Waals surface area contributed by atoms with Gasteiger partial charge in [0.05, 0.1) is 24.4 Å². The topological polar surface area (TPSA) is 84.4 Å². The summed E-state index contributed by atoms with van der Waals surface area (Å²) in [5, 5.41) is 2.87. The largest absolute Gasteiger partial charge is 0.494 e. The van der Waals surface area contributed by atoms with Gasteiger partial charge in [-0.2, -0.15) is 0 Å². The normalized spacial score (nSPS) is 13.7. The molecule has 0 atom stereocenters. The molecular formula is C20H24N4O3. The molecule has 1 aliphatic rings.